The number of carboxylic acid groups (broad SMARTS) is 1. The van der Waals surface area contributed by atoms with Crippen molar-refractivity contribution in [2.24, 2.45) is 5.73 Å². The van der Waals surface area contributed by atoms with E-state index >= 15 is 0 Å². The summed E-state index contributed by atoms with van der Waals surface area (Å²) in [5, 5.41) is 16.6. The highest BCUT2D eigenvalue weighted by molar-refractivity contribution is 5.76. The highest BCUT2D eigenvalue weighted by Crippen LogP contribution is 1.99. The fourth-order valence-corrected chi connectivity index (χ4v) is 0.528. The van der Waals surface area contributed by atoms with Gasteiger partial charge in [0.25, 0.3) is 0 Å². The molecule has 0 saturated carbocycles. The molecule has 0 aliphatic carbocycles. The van der Waals surface area contributed by atoms with E-state index in [1.807, 2.05) is 6.07 Å². The SMILES string of the molecule is C/C(=C\CC#N)C(N)C(=O)O. The van der Waals surface area contributed by atoms with Crippen LogP contribution >= 0.6 is 0 Å². The molecule has 0 aromatic carbocycles. The molecular weight excluding hydrogens is 144 g/mol. The van der Waals surface area contributed by atoms with Gasteiger partial charge < -0.3 is 10.8 Å². The van der Waals surface area contributed by atoms with Gasteiger partial charge in [0.15, 0.2) is 0 Å². The lowest BCUT2D eigenvalue weighted by molar-refractivity contribution is -0.137. The molecule has 1 unspecified atom stereocenters. The van der Waals surface area contributed by atoms with E-state index in [-0.39, 0.29) is 6.42 Å². The van der Waals surface area contributed by atoms with E-state index in [1.165, 1.54) is 6.08 Å². The van der Waals surface area contributed by atoms with Crippen LogP contribution in [0.15, 0.2) is 11.6 Å². The number of nitrogens with zero attached hydrogens (tertiary/aromatic N) is 1. The van der Waals surface area contributed by atoms with E-state index in [0.717, 1.165) is 0 Å². The lowest BCUT2D eigenvalue weighted by atomic mass is 10.1. The molecule has 4 heteroatoms. The third-order valence-corrected chi connectivity index (χ3v) is 1.27. The van der Waals surface area contributed by atoms with Crippen LogP contribution in [0.2, 0.25) is 0 Å². The summed E-state index contributed by atoms with van der Waals surface area (Å²) in [5.74, 6) is -1.07. The molecule has 0 bridgehead atoms. The third kappa shape index (κ3) is 3.38. The lowest BCUT2D eigenvalue weighted by Crippen LogP contribution is -2.31. The van der Waals surface area contributed by atoms with Crippen LogP contribution in [-0.2, 0) is 4.79 Å². The number of carbonyl (C=O) groups is 1. The predicted octanol–water partition coefficient (Wildman–Crippen LogP) is 0.258. The summed E-state index contributed by atoms with van der Waals surface area (Å²) < 4.78 is 0. The summed E-state index contributed by atoms with van der Waals surface area (Å²) in [6.45, 7) is 1.59. The second kappa shape index (κ2) is 4.47. The van der Waals surface area contributed by atoms with E-state index < -0.39 is 12.0 Å². The summed E-state index contributed by atoms with van der Waals surface area (Å²) in [7, 11) is 0. The van der Waals surface area contributed by atoms with Crippen molar-refractivity contribution in [2.75, 3.05) is 0 Å². The number of allylic oxidation sites excluding steroid dienone is 1. The number of rotatable bonds is 3. The van der Waals surface area contributed by atoms with E-state index in [0.29, 0.717) is 5.57 Å². The van der Waals surface area contributed by atoms with Crippen molar-refractivity contribution in [3.05, 3.63) is 11.6 Å². The highest BCUT2D eigenvalue weighted by Gasteiger charge is 2.11. The van der Waals surface area contributed by atoms with Crippen LogP contribution < -0.4 is 5.73 Å². The smallest absolute Gasteiger partial charge is 0.324 e. The maximum absolute atomic E-state index is 10.3. The number of nitriles is 1. The summed E-state index contributed by atoms with van der Waals surface area (Å²) in [5.41, 5.74) is 5.74. The zero-order valence-corrected chi connectivity index (χ0v) is 6.24. The van der Waals surface area contributed by atoms with Crippen LogP contribution in [0.1, 0.15) is 13.3 Å². The van der Waals surface area contributed by atoms with Crippen molar-refractivity contribution in [1.29, 1.82) is 5.26 Å². The molecule has 0 radical (unpaired) electrons. The number of carboxylic acids is 1. The molecule has 0 aromatic rings. The van der Waals surface area contributed by atoms with Gasteiger partial charge in [-0.1, -0.05) is 6.08 Å². The molecule has 0 rings (SSSR count). The molecule has 3 N–H and O–H groups in total. The van der Waals surface area contributed by atoms with E-state index in [2.05, 4.69) is 0 Å². The first kappa shape index (κ1) is 9.66. The Morgan fingerprint density at radius 1 is 1.91 bits per heavy atom. The Kier molecular flexibility index (Phi) is 3.93. The molecule has 0 aromatic heterocycles. The van der Waals surface area contributed by atoms with Crippen molar-refractivity contribution in [2.45, 2.75) is 19.4 Å². The molecule has 60 valence electrons. The summed E-state index contributed by atoms with van der Waals surface area (Å²) in [4.78, 5) is 10.3. The zero-order chi connectivity index (χ0) is 8.85. The normalized spacial score (nSPS) is 13.7. The van der Waals surface area contributed by atoms with Gasteiger partial charge in [0.05, 0.1) is 12.5 Å². The third-order valence-electron chi connectivity index (χ3n) is 1.27. The molecular formula is C7H10N2O2. The Hall–Kier alpha value is -1.34. The first-order valence-electron chi connectivity index (χ1n) is 3.11. The molecule has 0 spiro atoms. The largest absolute Gasteiger partial charge is 0.480 e. The number of aliphatic carboxylic acids is 1. The fourth-order valence-electron chi connectivity index (χ4n) is 0.528. The minimum atomic E-state index is -1.07. The maximum atomic E-state index is 10.3. The molecule has 0 aliphatic rings. The van der Waals surface area contributed by atoms with Crippen LogP contribution in [0, 0.1) is 11.3 Å². The van der Waals surface area contributed by atoms with Crippen LogP contribution in [0.5, 0.6) is 0 Å². The molecule has 1 atom stereocenters. The highest BCUT2D eigenvalue weighted by atomic mass is 16.4. The van der Waals surface area contributed by atoms with Crippen LogP contribution in [0.3, 0.4) is 0 Å². The van der Waals surface area contributed by atoms with Gasteiger partial charge in [-0.05, 0) is 12.5 Å². The van der Waals surface area contributed by atoms with Crippen molar-refractivity contribution in [3.63, 3.8) is 0 Å². The van der Waals surface area contributed by atoms with Crippen molar-refractivity contribution in [3.8, 4) is 6.07 Å². The molecule has 0 saturated heterocycles. The average Bonchev–Trinajstić information content (AvgIpc) is 1.98. The summed E-state index contributed by atoms with van der Waals surface area (Å²) in [6.07, 6.45) is 1.71. The Bertz CT molecular complexity index is 215. The predicted molar refractivity (Wildman–Crippen MR) is 39.6 cm³/mol. The summed E-state index contributed by atoms with van der Waals surface area (Å²) >= 11 is 0. The van der Waals surface area contributed by atoms with E-state index in [4.69, 9.17) is 16.1 Å². The van der Waals surface area contributed by atoms with Gasteiger partial charge in [0.1, 0.15) is 6.04 Å². The monoisotopic (exact) mass is 154 g/mol. The Morgan fingerprint density at radius 3 is 2.82 bits per heavy atom. The Balaban J connectivity index is 4.14. The maximum Gasteiger partial charge on any atom is 0.324 e. The lowest BCUT2D eigenvalue weighted by Gasteiger charge is -2.04. The second-order valence-electron chi connectivity index (χ2n) is 2.13. The van der Waals surface area contributed by atoms with Gasteiger partial charge >= 0.3 is 5.97 Å². The standard InChI is InChI=1S/C7H10N2O2/c1-5(3-2-4-8)6(9)7(10)11/h3,6H,2,9H2,1H3,(H,10,11)/b5-3+. The number of hydrogen-bond donors (Lipinski definition) is 2. The molecule has 11 heavy (non-hydrogen) atoms. The fraction of sp³-hybridized carbons (Fsp3) is 0.429. The van der Waals surface area contributed by atoms with E-state index in [9.17, 15) is 4.79 Å². The van der Waals surface area contributed by atoms with Gasteiger partial charge in [0, 0.05) is 0 Å². The second-order valence-corrected chi connectivity index (χ2v) is 2.13. The Labute approximate surface area is 64.9 Å². The van der Waals surface area contributed by atoms with Gasteiger partial charge in [-0.15, -0.1) is 0 Å². The minimum absolute atomic E-state index is 0.201. The van der Waals surface area contributed by atoms with E-state index in [1.54, 1.807) is 6.92 Å². The van der Waals surface area contributed by atoms with Crippen LogP contribution in [-0.4, -0.2) is 17.1 Å². The molecule has 0 fully saturated rings. The van der Waals surface area contributed by atoms with Crippen LogP contribution in [0.4, 0.5) is 0 Å². The topological polar surface area (TPSA) is 87.1 Å². The first-order valence-corrected chi connectivity index (χ1v) is 3.11. The zero-order valence-electron chi connectivity index (χ0n) is 6.24. The average molecular weight is 154 g/mol. The first-order chi connectivity index (χ1) is 5.09. The van der Waals surface area contributed by atoms with Gasteiger partial charge in [-0.2, -0.15) is 5.26 Å². The number of nitrogens with two attached hydrogens (primary N) is 1. The summed E-state index contributed by atoms with van der Waals surface area (Å²) in [6, 6.07) is 0.885. The molecule has 0 aliphatic heterocycles. The van der Waals surface area contributed by atoms with Crippen LogP contribution in [0.25, 0.3) is 0 Å². The molecule has 4 nitrogen and oxygen atoms in total. The van der Waals surface area contributed by atoms with Gasteiger partial charge in [-0.25, -0.2) is 0 Å². The minimum Gasteiger partial charge on any atom is -0.480 e. The quantitative estimate of drug-likeness (QED) is 0.571. The molecule has 0 heterocycles. The van der Waals surface area contributed by atoms with Crippen molar-refractivity contribution >= 4 is 5.97 Å². The van der Waals surface area contributed by atoms with Gasteiger partial charge in [-0.3, -0.25) is 4.79 Å². The Morgan fingerprint density at radius 2 is 2.45 bits per heavy atom. The van der Waals surface area contributed by atoms with Crippen molar-refractivity contribution in [1.82, 2.24) is 0 Å². The van der Waals surface area contributed by atoms with Gasteiger partial charge in [0.2, 0.25) is 0 Å². The van der Waals surface area contributed by atoms with Crippen molar-refractivity contribution < 1.29 is 9.90 Å². The molecule has 0 amide bonds. The number of hydrogen-bond acceptors (Lipinski definition) is 3.